The van der Waals surface area contributed by atoms with Crippen LogP contribution in [-0.4, -0.2) is 22.4 Å². The molecule has 6 heteroatoms. The van der Waals surface area contributed by atoms with Crippen LogP contribution in [0.15, 0.2) is 6.07 Å². The first-order valence-electron chi connectivity index (χ1n) is 6.80. The number of rotatable bonds is 4. The molecule has 0 aromatic carbocycles. The molecule has 0 bridgehead atoms. The summed E-state index contributed by atoms with van der Waals surface area (Å²) in [6.07, 6.45) is 0. The largest absolute Gasteiger partial charge is 0.350 e. The fourth-order valence-corrected chi connectivity index (χ4v) is 2.88. The topological polar surface area (TPSA) is 92.9 Å². The summed E-state index contributed by atoms with van der Waals surface area (Å²) in [5, 5.41) is 2.95. The van der Waals surface area contributed by atoms with Crippen LogP contribution >= 0.6 is 0 Å². The van der Waals surface area contributed by atoms with Crippen LogP contribution in [0.3, 0.4) is 0 Å². The molecule has 6 nitrogen and oxygen atoms in total. The van der Waals surface area contributed by atoms with Crippen LogP contribution in [0, 0.1) is 23.7 Å². The van der Waals surface area contributed by atoms with E-state index in [1.165, 1.54) is 0 Å². The fraction of sp³-hybridized carbons (Fsp3) is 0.643. The SMILES string of the molecule is Cc1cc(C(=O)NCC2C(C)(C)C2(C)C)nc(NN)n1. The maximum absolute atomic E-state index is 12.1. The van der Waals surface area contributed by atoms with Gasteiger partial charge < -0.3 is 5.32 Å². The number of nitrogens with one attached hydrogen (secondary N) is 2. The number of aromatic nitrogens is 2. The summed E-state index contributed by atoms with van der Waals surface area (Å²) in [4.78, 5) is 20.3. The molecule has 2 rings (SSSR count). The van der Waals surface area contributed by atoms with Crippen molar-refractivity contribution >= 4 is 11.9 Å². The van der Waals surface area contributed by atoms with Crippen molar-refractivity contribution in [1.29, 1.82) is 0 Å². The van der Waals surface area contributed by atoms with E-state index in [1.54, 1.807) is 13.0 Å². The predicted octanol–water partition coefficient (Wildman–Crippen LogP) is 1.48. The van der Waals surface area contributed by atoms with Crippen molar-refractivity contribution < 1.29 is 4.79 Å². The van der Waals surface area contributed by atoms with E-state index >= 15 is 0 Å². The Balaban J connectivity index is 2.02. The van der Waals surface area contributed by atoms with Crippen LogP contribution in [0.4, 0.5) is 5.95 Å². The van der Waals surface area contributed by atoms with Gasteiger partial charge in [-0.05, 0) is 29.7 Å². The molecule has 0 aliphatic heterocycles. The molecule has 0 radical (unpaired) electrons. The van der Waals surface area contributed by atoms with Crippen LogP contribution in [0.25, 0.3) is 0 Å². The second kappa shape index (κ2) is 4.70. The highest BCUT2D eigenvalue weighted by molar-refractivity contribution is 5.92. The Labute approximate surface area is 119 Å². The lowest BCUT2D eigenvalue weighted by Crippen LogP contribution is -2.28. The summed E-state index contributed by atoms with van der Waals surface area (Å²) in [6, 6.07) is 1.65. The summed E-state index contributed by atoms with van der Waals surface area (Å²) >= 11 is 0. The minimum absolute atomic E-state index is 0.189. The minimum atomic E-state index is -0.189. The van der Waals surface area contributed by atoms with Crippen molar-refractivity contribution in [2.75, 3.05) is 12.0 Å². The quantitative estimate of drug-likeness (QED) is 0.572. The van der Waals surface area contributed by atoms with E-state index in [2.05, 4.69) is 48.4 Å². The molecule has 0 saturated heterocycles. The van der Waals surface area contributed by atoms with Gasteiger partial charge in [0, 0.05) is 12.2 Å². The zero-order valence-corrected chi connectivity index (χ0v) is 12.7. The van der Waals surface area contributed by atoms with E-state index in [0.29, 0.717) is 23.9 Å². The number of amides is 1. The molecule has 4 N–H and O–H groups in total. The van der Waals surface area contributed by atoms with Gasteiger partial charge in [0.2, 0.25) is 5.95 Å². The van der Waals surface area contributed by atoms with Crippen LogP contribution in [0.1, 0.15) is 43.9 Å². The zero-order valence-electron chi connectivity index (χ0n) is 12.7. The maximum atomic E-state index is 12.1. The lowest BCUT2D eigenvalue weighted by Gasteiger charge is -2.07. The minimum Gasteiger partial charge on any atom is -0.350 e. The molecule has 1 fully saturated rings. The normalized spacial score (nSPS) is 19.5. The summed E-state index contributed by atoms with van der Waals surface area (Å²) in [5.41, 5.74) is 3.91. The highest BCUT2D eigenvalue weighted by Gasteiger charge is 2.64. The van der Waals surface area contributed by atoms with Gasteiger partial charge in [0.15, 0.2) is 0 Å². The zero-order chi connectivity index (χ0) is 15.1. The number of aryl methyl sites for hydroxylation is 1. The molecule has 0 unspecified atom stereocenters. The summed E-state index contributed by atoms with van der Waals surface area (Å²) < 4.78 is 0. The molecule has 0 spiro atoms. The van der Waals surface area contributed by atoms with E-state index in [0.717, 1.165) is 0 Å². The molecule has 20 heavy (non-hydrogen) atoms. The van der Waals surface area contributed by atoms with Crippen molar-refractivity contribution in [2.24, 2.45) is 22.6 Å². The van der Waals surface area contributed by atoms with Crippen LogP contribution in [0.5, 0.6) is 0 Å². The lowest BCUT2D eigenvalue weighted by molar-refractivity contribution is 0.0944. The van der Waals surface area contributed by atoms with Crippen LogP contribution < -0.4 is 16.6 Å². The summed E-state index contributed by atoms with van der Waals surface area (Å²) in [6.45, 7) is 11.4. The van der Waals surface area contributed by atoms with Gasteiger partial charge in [-0.15, -0.1) is 0 Å². The van der Waals surface area contributed by atoms with E-state index in [-0.39, 0.29) is 22.7 Å². The number of carbonyl (C=O) groups excluding carboxylic acids is 1. The number of nitrogen functional groups attached to an aromatic ring is 1. The molecule has 1 aliphatic carbocycles. The average Bonchev–Trinajstić information content (AvgIpc) is 2.76. The van der Waals surface area contributed by atoms with E-state index < -0.39 is 0 Å². The molecule has 1 saturated carbocycles. The Morgan fingerprint density at radius 3 is 2.40 bits per heavy atom. The second-order valence-corrected chi connectivity index (χ2v) is 6.57. The standard InChI is InChI=1S/C14H23N5O/c1-8-6-9(18-12(17-8)19-15)11(20)16-7-10-13(2,3)14(10,4)5/h6,10H,7,15H2,1-5H3,(H,16,20)(H,17,18,19). The monoisotopic (exact) mass is 277 g/mol. The van der Waals surface area contributed by atoms with Gasteiger partial charge in [-0.1, -0.05) is 27.7 Å². The molecule has 1 aliphatic rings. The number of hydrogen-bond donors (Lipinski definition) is 3. The van der Waals surface area contributed by atoms with Gasteiger partial charge in [-0.3, -0.25) is 10.2 Å². The highest BCUT2D eigenvalue weighted by atomic mass is 16.1. The number of nitrogens with two attached hydrogens (primary N) is 1. The van der Waals surface area contributed by atoms with Crippen molar-refractivity contribution in [3.8, 4) is 0 Å². The first kappa shape index (κ1) is 14.7. The summed E-state index contributed by atoms with van der Waals surface area (Å²) in [7, 11) is 0. The van der Waals surface area contributed by atoms with Gasteiger partial charge >= 0.3 is 0 Å². The van der Waals surface area contributed by atoms with E-state index in [1.807, 2.05) is 0 Å². The lowest BCUT2D eigenvalue weighted by atomic mass is 10.0. The van der Waals surface area contributed by atoms with Crippen molar-refractivity contribution in [3.63, 3.8) is 0 Å². The molecular formula is C14H23N5O. The third kappa shape index (κ3) is 2.35. The Hall–Kier alpha value is -1.69. The first-order chi connectivity index (χ1) is 9.20. The smallest absolute Gasteiger partial charge is 0.270 e. The third-order valence-electron chi connectivity index (χ3n) is 5.00. The number of hydrazine groups is 1. The number of carbonyl (C=O) groups is 1. The third-order valence-corrected chi connectivity index (χ3v) is 5.00. The molecule has 0 atom stereocenters. The molecule has 1 aromatic rings. The van der Waals surface area contributed by atoms with E-state index in [4.69, 9.17) is 5.84 Å². The number of anilines is 1. The van der Waals surface area contributed by atoms with Gasteiger partial charge in [0.25, 0.3) is 5.91 Å². The van der Waals surface area contributed by atoms with Gasteiger partial charge in [0.05, 0.1) is 0 Å². The second-order valence-electron chi connectivity index (χ2n) is 6.57. The van der Waals surface area contributed by atoms with Gasteiger partial charge in [-0.25, -0.2) is 15.8 Å². The Bertz CT molecular complexity index is 524. The fourth-order valence-electron chi connectivity index (χ4n) is 2.88. The van der Waals surface area contributed by atoms with Gasteiger partial charge in [-0.2, -0.15) is 0 Å². The molecule has 1 heterocycles. The van der Waals surface area contributed by atoms with Crippen LogP contribution in [-0.2, 0) is 0 Å². The molecule has 1 amide bonds. The van der Waals surface area contributed by atoms with Crippen molar-refractivity contribution in [2.45, 2.75) is 34.6 Å². The van der Waals surface area contributed by atoms with Crippen molar-refractivity contribution in [3.05, 3.63) is 17.5 Å². The average molecular weight is 277 g/mol. The van der Waals surface area contributed by atoms with Crippen molar-refractivity contribution in [1.82, 2.24) is 15.3 Å². The Kier molecular flexibility index (Phi) is 3.46. The van der Waals surface area contributed by atoms with E-state index in [9.17, 15) is 4.79 Å². The van der Waals surface area contributed by atoms with Crippen LogP contribution in [0.2, 0.25) is 0 Å². The molecule has 110 valence electrons. The maximum Gasteiger partial charge on any atom is 0.270 e. The Morgan fingerprint density at radius 2 is 1.90 bits per heavy atom. The highest BCUT2D eigenvalue weighted by Crippen LogP contribution is 2.67. The molecule has 1 aromatic heterocycles. The van der Waals surface area contributed by atoms with Gasteiger partial charge in [0.1, 0.15) is 5.69 Å². The Morgan fingerprint density at radius 1 is 1.30 bits per heavy atom. The molecular weight excluding hydrogens is 254 g/mol. The predicted molar refractivity (Wildman–Crippen MR) is 78.0 cm³/mol. The number of nitrogens with zero attached hydrogens (tertiary/aromatic N) is 2. The first-order valence-corrected chi connectivity index (χ1v) is 6.80. The summed E-state index contributed by atoms with van der Waals surface area (Å²) in [5.74, 6) is 5.83. The number of hydrogen-bond acceptors (Lipinski definition) is 5.